The molecule has 6 nitrogen and oxygen atoms in total. The lowest BCUT2D eigenvalue weighted by Crippen LogP contribution is -2.33. The molecule has 6 heteroatoms. The summed E-state index contributed by atoms with van der Waals surface area (Å²) in [5, 5.41) is 10.8. The number of aliphatic hydroxyl groups excluding tert-OH is 1. The van der Waals surface area contributed by atoms with Crippen LogP contribution in [-0.4, -0.2) is 34.8 Å². The van der Waals surface area contributed by atoms with E-state index < -0.39 is 23.5 Å². The number of rotatable bonds is 9. The zero-order valence-corrected chi connectivity index (χ0v) is 18.8. The van der Waals surface area contributed by atoms with Gasteiger partial charge in [-0.25, -0.2) is 0 Å². The van der Waals surface area contributed by atoms with Crippen molar-refractivity contribution in [3.8, 4) is 5.75 Å². The van der Waals surface area contributed by atoms with Crippen molar-refractivity contribution in [1.82, 2.24) is 4.90 Å². The number of furan rings is 1. The monoisotopic (exact) mass is 445 g/mol. The Morgan fingerprint density at radius 1 is 1.06 bits per heavy atom. The molecule has 0 saturated carbocycles. The Morgan fingerprint density at radius 2 is 1.79 bits per heavy atom. The van der Waals surface area contributed by atoms with Crippen molar-refractivity contribution in [3.63, 3.8) is 0 Å². The number of nitrogens with zero attached hydrogens (tertiary/aromatic N) is 1. The highest BCUT2D eigenvalue weighted by Gasteiger charge is 2.44. The maximum atomic E-state index is 13.3. The highest BCUT2D eigenvalue weighted by Crippen LogP contribution is 2.39. The number of benzene rings is 2. The van der Waals surface area contributed by atoms with Crippen molar-refractivity contribution in [2.75, 3.05) is 13.2 Å². The van der Waals surface area contributed by atoms with Crippen molar-refractivity contribution in [1.29, 1.82) is 0 Å². The summed E-state index contributed by atoms with van der Waals surface area (Å²) in [6.07, 6.45) is 1.49. The maximum absolute atomic E-state index is 13.3. The summed E-state index contributed by atoms with van der Waals surface area (Å²) in [5.74, 6) is -0.194. The Hall–Kier alpha value is -3.80. The predicted octanol–water partition coefficient (Wildman–Crippen LogP) is 5.20. The number of hydrogen-bond donors (Lipinski definition) is 1. The van der Waals surface area contributed by atoms with Crippen molar-refractivity contribution in [2.45, 2.75) is 32.7 Å². The molecule has 1 atom stereocenters. The predicted molar refractivity (Wildman–Crippen MR) is 124 cm³/mol. The molecule has 0 radical (unpaired) electrons. The minimum atomic E-state index is -0.723. The van der Waals surface area contributed by atoms with Gasteiger partial charge in [0.2, 0.25) is 5.78 Å². The van der Waals surface area contributed by atoms with E-state index in [4.69, 9.17) is 9.15 Å². The number of Topliss-reactive ketones (excluding diaryl/α,β-unsaturated/α-hetero) is 1. The second kappa shape index (κ2) is 9.77. The summed E-state index contributed by atoms with van der Waals surface area (Å²) in [6.45, 7) is 4.72. The van der Waals surface area contributed by atoms with Crippen LogP contribution in [0.2, 0.25) is 0 Å². The van der Waals surface area contributed by atoms with E-state index in [0.717, 1.165) is 17.5 Å². The van der Waals surface area contributed by atoms with Gasteiger partial charge in [-0.2, -0.15) is 0 Å². The van der Waals surface area contributed by atoms with Crippen LogP contribution < -0.4 is 4.74 Å². The summed E-state index contributed by atoms with van der Waals surface area (Å²) >= 11 is 0. The fraction of sp³-hybridized carbons (Fsp3) is 0.259. The molecule has 0 bridgehead atoms. The first kappa shape index (κ1) is 22.4. The first-order chi connectivity index (χ1) is 16.0. The van der Waals surface area contributed by atoms with Crippen LogP contribution in [0.4, 0.5) is 0 Å². The number of carbonyl (C=O) groups is 2. The Labute approximate surface area is 193 Å². The van der Waals surface area contributed by atoms with E-state index in [1.165, 1.54) is 0 Å². The fourth-order valence-electron chi connectivity index (χ4n) is 4.01. The average Bonchev–Trinajstić information content (AvgIpc) is 3.38. The third kappa shape index (κ3) is 4.70. The molecule has 0 spiro atoms. The number of carbonyl (C=O) groups excluding carboxylic acids is 2. The first-order valence-electron chi connectivity index (χ1n) is 11.1. The second-order valence-electron chi connectivity index (χ2n) is 8.06. The van der Waals surface area contributed by atoms with Crippen molar-refractivity contribution < 1.29 is 23.8 Å². The van der Waals surface area contributed by atoms with Gasteiger partial charge in [0.25, 0.3) is 5.91 Å². The molecule has 1 aliphatic heterocycles. The van der Waals surface area contributed by atoms with Crippen molar-refractivity contribution in [3.05, 3.63) is 101 Å². The molecule has 4 rings (SSSR count). The highest BCUT2D eigenvalue weighted by molar-refractivity contribution is 6.15. The van der Waals surface area contributed by atoms with Gasteiger partial charge in [-0.15, -0.1) is 0 Å². The molecule has 2 heterocycles. The van der Waals surface area contributed by atoms with Crippen LogP contribution >= 0.6 is 0 Å². The summed E-state index contributed by atoms with van der Waals surface area (Å²) in [7, 11) is 0. The molecule has 0 aliphatic carbocycles. The van der Waals surface area contributed by atoms with E-state index in [0.29, 0.717) is 31.1 Å². The normalized spacial score (nSPS) is 15.9. The van der Waals surface area contributed by atoms with Gasteiger partial charge >= 0.3 is 0 Å². The zero-order valence-electron chi connectivity index (χ0n) is 18.8. The zero-order chi connectivity index (χ0) is 23.4. The molecule has 1 aromatic heterocycles. The van der Waals surface area contributed by atoms with Gasteiger partial charge in [-0.1, -0.05) is 49.4 Å². The summed E-state index contributed by atoms with van der Waals surface area (Å²) in [4.78, 5) is 27.9. The van der Waals surface area contributed by atoms with E-state index in [2.05, 4.69) is 0 Å². The quantitative estimate of drug-likeness (QED) is 0.458. The van der Waals surface area contributed by atoms with Crippen LogP contribution in [0.1, 0.15) is 46.8 Å². The van der Waals surface area contributed by atoms with E-state index in [9.17, 15) is 14.7 Å². The third-order valence-electron chi connectivity index (χ3n) is 5.67. The molecule has 0 fully saturated rings. The Bertz CT molecular complexity index is 1160. The van der Waals surface area contributed by atoms with Crippen LogP contribution in [0.25, 0.3) is 0 Å². The minimum Gasteiger partial charge on any atom is -0.503 e. The largest absolute Gasteiger partial charge is 0.503 e. The standard InChI is InChI=1S/C27H27NO5/c1-3-17-32-21-12-10-20(11-13-21)24-23(25(29)22-14-9-18(2)33-22)26(30)27(31)28(24)16-15-19-7-5-4-6-8-19/h4-14,24,30H,3,15-17H2,1-2H3. The maximum Gasteiger partial charge on any atom is 0.290 e. The molecule has 0 saturated heterocycles. The third-order valence-corrected chi connectivity index (χ3v) is 5.67. The first-order valence-corrected chi connectivity index (χ1v) is 11.1. The van der Waals surface area contributed by atoms with E-state index in [-0.39, 0.29) is 11.3 Å². The van der Waals surface area contributed by atoms with Crippen LogP contribution in [-0.2, 0) is 11.2 Å². The molecule has 3 aromatic rings. The molecule has 33 heavy (non-hydrogen) atoms. The lowest BCUT2D eigenvalue weighted by Gasteiger charge is -2.27. The Balaban J connectivity index is 1.68. The van der Waals surface area contributed by atoms with Crippen LogP contribution in [0.5, 0.6) is 5.75 Å². The smallest absolute Gasteiger partial charge is 0.290 e. The van der Waals surface area contributed by atoms with Crippen molar-refractivity contribution >= 4 is 11.7 Å². The van der Waals surface area contributed by atoms with Crippen LogP contribution in [0.15, 0.2) is 82.5 Å². The molecule has 1 aliphatic rings. The second-order valence-corrected chi connectivity index (χ2v) is 8.06. The average molecular weight is 446 g/mol. The number of aliphatic hydroxyl groups is 1. The van der Waals surface area contributed by atoms with E-state index in [1.54, 1.807) is 24.0 Å². The topological polar surface area (TPSA) is 80.0 Å². The number of ether oxygens (including phenoxy) is 1. The Morgan fingerprint density at radius 3 is 2.42 bits per heavy atom. The van der Waals surface area contributed by atoms with Gasteiger partial charge in [0, 0.05) is 6.54 Å². The lowest BCUT2D eigenvalue weighted by atomic mass is 9.95. The SMILES string of the molecule is CCCOc1ccc(C2C(C(=O)c3ccc(C)o3)=C(O)C(=O)N2CCc2ccccc2)cc1. The molecule has 2 aromatic carbocycles. The summed E-state index contributed by atoms with van der Waals surface area (Å²) in [5.41, 5.74) is 1.81. The molecule has 1 amide bonds. The van der Waals surface area contributed by atoms with E-state index in [1.807, 2.05) is 61.5 Å². The van der Waals surface area contributed by atoms with Gasteiger partial charge in [0.15, 0.2) is 11.5 Å². The summed E-state index contributed by atoms with van der Waals surface area (Å²) in [6, 6.07) is 19.6. The lowest BCUT2D eigenvalue weighted by molar-refractivity contribution is -0.129. The van der Waals surface area contributed by atoms with Gasteiger partial charge in [-0.05, 0) is 55.2 Å². The number of ketones is 1. The molecule has 1 N–H and O–H groups in total. The van der Waals surface area contributed by atoms with Gasteiger partial charge in [0.05, 0.1) is 18.2 Å². The van der Waals surface area contributed by atoms with E-state index >= 15 is 0 Å². The van der Waals surface area contributed by atoms with Gasteiger partial charge in [0.1, 0.15) is 11.5 Å². The van der Waals surface area contributed by atoms with Crippen molar-refractivity contribution in [2.24, 2.45) is 0 Å². The number of aryl methyl sites for hydroxylation is 1. The number of amides is 1. The molecule has 1 unspecified atom stereocenters. The molecule has 170 valence electrons. The fourth-order valence-corrected chi connectivity index (χ4v) is 4.01. The summed E-state index contributed by atoms with van der Waals surface area (Å²) < 4.78 is 11.2. The molecular weight excluding hydrogens is 418 g/mol. The van der Waals surface area contributed by atoms with Crippen LogP contribution in [0, 0.1) is 6.92 Å². The minimum absolute atomic E-state index is 0.0321. The van der Waals surface area contributed by atoms with Gasteiger partial charge in [-0.3, -0.25) is 9.59 Å². The Kier molecular flexibility index (Phi) is 6.63. The molecular formula is C27H27NO5. The number of hydrogen-bond acceptors (Lipinski definition) is 5. The van der Waals surface area contributed by atoms with Gasteiger partial charge < -0.3 is 19.2 Å². The highest BCUT2D eigenvalue weighted by atomic mass is 16.5. The van der Waals surface area contributed by atoms with Crippen LogP contribution in [0.3, 0.4) is 0 Å².